The lowest BCUT2D eigenvalue weighted by Crippen LogP contribution is -2.62. The third-order valence-corrected chi connectivity index (χ3v) is 7.21. The second-order valence-electron chi connectivity index (χ2n) is 10.5. The van der Waals surface area contributed by atoms with Crippen molar-refractivity contribution in [2.75, 3.05) is 13.2 Å². The molecular weight excluding hydrogens is 560 g/mol. The molecule has 230 valence electrons. The quantitative estimate of drug-likeness (QED) is 0.173. The molecule has 0 aromatic heterocycles. The highest BCUT2D eigenvalue weighted by Crippen LogP contribution is 2.31. The molecule has 4 aromatic rings. The molecule has 8 heteroatoms. The minimum Gasteiger partial charge on any atom is -0.480 e. The summed E-state index contributed by atoms with van der Waals surface area (Å²) in [6, 6.07) is 39.3. The summed E-state index contributed by atoms with van der Waals surface area (Å²) in [5.41, 5.74) is 3.93. The second-order valence-corrected chi connectivity index (χ2v) is 10.5. The first-order valence-corrected chi connectivity index (χ1v) is 14.7. The number of carboxylic acids is 1. The zero-order chi connectivity index (χ0) is 30.4. The normalized spacial score (nSPS) is 21.6. The van der Waals surface area contributed by atoms with Crippen LogP contribution in [0.15, 0.2) is 121 Å². The predicted molar refractivity (Wildman–Crippen MR) is 163 cm³/mol. The molecule has 5 rings (SSSR count). The first kappa shape index (κ1) is 31.5. The van der Waals surface area contributed by atoms with Crippen LogP contribution in [0, 0.1) is 0 Å². The van der Waals surface area contributed by atoms with Gasteiger partial charge in [-0.2, -0.15) is 0 Å². The molecular formula is C36H38O8. The summed E-state index contributed by atoms with van der Waals surface area (Å²) in [5.74, 6) is -1.11. The molecule has 4 aromatic carbocycles. The van der Waals surface area contributed by atoms with Gasteiger partial charge >= 0.3 is 5.97 Å². The van der Waals surface area contributed by atoms with Gasteiger partial charge < -0.3 is 33.5 Å². The Morgan fingerprint density at radius 3 is 1.41 bits per heavy atom. The maximum Gasteiger partial charge on any atom is 0.329 e. The zero-order valence-electron chi connectivity index (χ0n) is 24.5. The van der Waals surface area contributed by atoms with Crippen LogP contribution in [0.2, 0.25) is 0 Å². The third kappa shape index (κ3) is 9.56. The van der Waals surface area contributed by atoms with Crippen LogP contribution in [0.4, 0.5) is 0 Å². The standard InChI is InChI=1S/C36H38O8/c37-32(38)26-43-36-35(42-24-30-19-11-4-12-20-30)34(41-23-29-17-9-3-10-18-29)33(40-22-28-15-7-2-8-16-28)31(44-36)25-39-21-27-13-5-1-6-14-27/h1-20,31,33-36H,21-26H2,(H,37,38)/t31-,33-,34+,35-,36+/m1/s1. The minimum atomic E-state index is -1.11. The van der Waals surface area contributed by atoms with Crippen molar-refractivity contribution >= 4 is 5.97 Å². The Hall–Kier alpha value is -3.89. The number of carbonyl (C=O) groups is 1. The molecule has 0 aliphatic carbocycles. The largest absolute Gasteiger partial charge is 0.480 e. The number of rotatable bonds is 16. The summed E-state index contributed by atoms with van der Waals surface area (Å²) in [6.45, 7) is 0.808. The van der Waals surface area contributed by atoms with Crippen LogP contribution in [0.25, 0.3) is 0 Å². The molecule has 1 fully saturated rings. The van der Waals surface area contributed by atoms with E-state index >= 15 is 0 Å². The molecule has 5 atom stereocenters. The van der Waals surface area contributed by atoms with E-state index < -0.39 is 43.3 Å². The topological polar surface area (TPSA) is 92.7 Å². The smallest absolute Gasteiger partial charge is 0.329 e. The fourth-order valence-electron chi connectivity index (χ4n) is 5.03. The molecule has 0 spiro atoms. The van der Waals surface area contributed by atoms with Crippen LogP contribution in [0.5, 0.6) is 0 Å². The highest BCUT2D eigenvalue weighted by molar-refractivity contribution is 5.68. The highest BCUT2D eigenvalue weighted by Gasteiger charge is 2.49. The molecule has 0 unspecified atom stereocenters. The molecule has 0 saturated carbocycles. The van der Waals surface area contributed by atoms with Gasteiger partial charge in [-0.3, -0.25) is 0 Å². The van der Waals surface area contributed by atoms with E-state index in [1.54, 1.807) is 0 Å². The Balaban J connectivity index is 1.42. The lowest BCUT2D eigenvalue weighted by molar-refractivity contribution is -0.327. The molecule has 44 heavy (non-hydrogen) atoms. The SMILES string of the molecule is O=C(O)CO[C@H]1O[C@H](COCc2ccccc2)[C@@H](OCc2ccccc2)[C@H](OCc2ccccc2)[C@H]1OCc1ccccc1. The molecule has 1 N–H and O–H groups in total. The van der Waals surface area contributed by atoms with Crippen LogP contribution in [-0.2, 0) is 59.6 Å². The Kier molecular flexibility index (Phi) is 12.1. The molecule has 0 radical (unpaired) electrons. The molecule has 8 nitrogen and oxygen atoms in total. The van der Waals surface area contributed by atoms with Crippen LogP contribution < -0.4 is 0 Å². The van der Waals surface area contributed by atoms with E-state index in [2.05, 4.69) is 0 Å². The van der Waals surface area contributed by atoms with Crippen molar-refractivity contribution in [1.29, 1.82) is 0 Å². The van der Waals surface area contributed by atoms with Gasteiger partial charge in [0, 0.05) is 0 Å². The van der Waals surface area contributed by atoms with Crippen molar-refractivity contribution in [3.05, 3.63) is 144 Å². The lowest BCUT2D eigenvalue weighted by Gasteiger charge is -2.45. The maximum absolute atomic E-state index is 11.6. The molecule has 0 amide bonds. The molecule has 1 aliphatic heterocycles. The highest BCUT2D eigenvalue weighted by atomic mass is 16.7. The van der Waals surface area contributed by atoms with Crippen molar-refractivity contribution in [3.8, 4) is 0 Å². The van der Waals surface area contributed by atoms with Crippen molar-refractivity contribution in [3.63, 3.8) is 0 Å². The Labute approximate surface area is 258 Å². The van der Waals surface area contributed by atoms with E-state index in [1.807, 2.05) is 121 Å². The summed E-state index contributed by atoms with van der Waals surface area (Å²) >= 11 is 0. The minimum absolute atomic E-state index is 0.165. The first-order valence-electron chi connectivity index (χ1n) is 14.7. The summed E-state index contributed by atoms with van der Waals surface area (Å²) < 4.78 is 37.9. The van der Waals surface area contributed by atoms with E-state index in [-0.39, 0.29) is 19.8 Å². The average Bonchev–Trinajstić information content (AvgIpc) is 3.07. The fourth-order valence-corrected chi connectivity index (χ4v) is 5.03. The summed E-state index contributed by atoms with van der Waals surface area (Å²) in [7, 11) is 0. The van der Waals surface area contributed by atoms with Gasteiger partial charge in [0.2, 0.25) is 0 Å². The summed E-state index contributed by atoms with van der Waals surface area (Å²) in [5, 5.41) is 9.45. The first-order chi connectivity index (χ1) is 21.7. The van der Waals surface area contributed by atoms with Gasteiger partial charge in [0.1, 0.15) is 31.0 Å². The van der Waals surface area contributed by atoms with Gasteiger partial charge in [-0.05, 0) is 22.3 Å². The average molecular weight is 599 g/mol. The third-order valence-electron chi connectivity index (χ3n) is 7.21. The van der Waals surface area contributed by atoms with E-state index in [4.69, 9.17) is 28.4 Å². The molecule has 1 saturated heterocycles. The molecule has 1 aliphatic rings. The Morgan fingerprint density at radius 2 is 0.955 bits per heavy atom. The number of hydrogen-bond acceptors (Lipinski definition) is 7. The number of benzene rings is 4. The van der Waals surface area contributed by atoms with E-state index in [0.717, 1.165) is 22.3 Å². The van der Waals surface area contributed by atoms with Gasteiger partial charge in [0.05, 0.1) is 33.0 Å². The van der Waals surface area contributed by atoms with Crippen LogP contribution >= 0.6 is 0 Å². The van der Waals surface area contributed by atoms with Crippen molar-refractivity contribution in [2.24, 2.45) is 0 Å². The van der Waals surface area contributed by atoms with Gasteiger partial charge in [-0.25, -0.2) is 4.79 Å². The second kappa shape index (κ2) is 16.8. The van der Waals surface area contributed by atoms with E-state index in [0.29, 0.717) is 13.2 Å². The molecule has 0 bridgehead atoms. The number of hydrogen-bond donors (Lipinski definition) is 1. The number of ether oxygens (including phenoxy) is 6. The van der Waals surface area contributed by atoms with Crippen LogP contribution in [0.3, 0.4) is 0 Å². The van der Waals surface area contributed by atoms with E-state index in [9.17, 15) is 9.90 Å². The number of carboxylic acid groups (broad SMARTS) is 1. The Morgan fingerprint density at radius 1 is 0.545 bits per heavy atom. The van der Waals surface area contributed by atoms with Crippen molar-refractivity contribution in [2.45, 2.75) is 57.1 Å². The van der Waals surface area contributed by atoms with Gasteiger partial charge in [-0.15, -0.1) is 0 Å². The molecule has 1 heterocycles. The van der Waals surface area contributed by atoms with Gasteiger partial charge in [0.25, 0.3) is 0 Å². The Bertz CT molecular complexity index is 1370. The monoisotopic (exact) mass is 598 g/mol. The van der Waals surface area contributed by atoms with Crippen LogP contribution in [-0.4, -0.2) is 55.0 Å². The van der Waals surface area contributed by atoms with Gasteiger partial charge in [0.15, 0.2) is 6.29 Å². The maximum atomic E-state index is 11.6. The number of aliphatic carboxylic acids is 1. The summed E-state index contributed by atoms with van der Waals surface area (Å²) in [6.07, 6.45) is -3.79. The lowest BCUT2D eigenvalue weighted by atomic mass is 9.97. The predicted octanol–water partition coefficient (Wildman–Crippen LogP) is 5.79. The van der Waals surface area contributed by atoms with E-state index in [1.165, 1.54) is 0 Å². The van der Waals surface area contributed by atoms with Crippen molar-refractivity contribution in [1.82, 2.24) is 0 Å². The fraction of sp³-hybridized carbons (Fsp3) is 0.306. The zero-order valence-corrected chi connectivity index (χ0v) is 24.5. The van der Waals surface area contributed by atoms with Gasteiger partial charge in [-0.1, -0.05) is 121 Å². The summed E-state index contributed by atoms with van der Waals surface area (Å²) in [4.78, 5) is 11.6. The van der Waals surface area contributed by atoms with Crippen molar-refractivity contribution < 1.29 is 38.3 Å². The van der Waals surface area contributed by atoms with Crippen LogP contribution in [0.1, 0.15) is 22.3 Å².